The maximum absolute atomic E-state index is 13.1. The number of aryl methyl sites for hydroxylation is 1. The van der Waals surface area contributed by atoms with Gasteiger partial charge in [0.2, 0.25) is 0 Å². The van der Waals surface area contributed by atoms with Gasteiger partial charge >= 0.3 is 0 Å². The molecule has 0 atom stereocenters. The lowest BCUT2D eigenvalue weighted by molar-refractivity contribution is 0.0990. The number of carbonyl (C=O) groups is 2. The number of benzene rings is 3. The summed E-state index contributed by atoms with van der Waals surface area (Å²) in [6, 6.07) is 17.8. The van der Waals surface area contributed by atoms with Crippen molar-refractivity contribution in [2.75, 3.05) is 23.9 Å². The van der Waals surface area contributed by atoms with E-state index >= 15 is 0 Å². The Morgan fingerprint density at radius 1 is 1.03 bits per heavy atom. The highest BCUT2D eigenvalue weighted by Crippen LogP contribution is 2.39. The molecule has 0 aromatic heterocycles. The molecule has 1 N–H and O–H groups in total. The van der Waals surface area contributed by atoms with E-state index in [1.807, 2.05) is 25.1 Å². The molecule has 2 amide bonds. The molecule has 0 fully saturated rings. The van der Waals surface area contributed by atoms with Crippen LogP contribution in [0.2, 0.25) is 0 Å². The molecule has 3 aromatic carbocycles. The third-order valence-corrected chi connectivity index (χ3v) is 5.35. The molecule has 6 nitrogen and oxygen atoms in total. The van der Waals surface area contributed by atoms with Crippen LogP contribution in [-0.2, 0) is 0 Å². The van der Waals surface area contributed by atoms with Crippen LogP contribution in [0.5, 0.6) is 17.2 Å². The molecule has 164 valence electrons. The molecule has 1 aliphatic heterocycles. The molecule has 1 heterocycles. The van der Waals surface area contributed by atoms with Crippen LogP contribution in [-0.4, -0.2) is 25.5 Å². The molecule has 6 heteroatoms. The Morgan fingerprint density at radius 3 is 2.53 bits per heavy atom. The zero-order chi connectivity index (χ0) is 22.7. The summed E-state index contributed by atoms with van der Waals surface area (Å²) in [5.41, 5.74) is 3.15. The zero-order valence-corrected chi connectivity index (χ0v) is 18.5. The predicted octanol–water partition coefficient (Wildman–Crippen LogP) is 5.81. The fourth-order valence-corrected chi connectivity index (χ4v) is 3.49. The predicted molar refractivity (Wildman–Crippen MR) is 125 cm³/mol. The van der Waals surface area contributed by atoms with E-state index in [0.717, 1.165) is 24.2 Å². The van der Waals surface area contributed by atoms with E-state index in [4.69, 9.17) is 9.47 Å². The fraction of sp³-hybridized carbons (Fsp3) is 0.231. The highest BCUT2D eigenvalue weighted by atomic mass is 16.5. The highest BCUT2D eigenvalue weighted by molar-refractivity contribution is 6.11. The molecular formula is C26H26N2O4. The van der Waals surface area contributed by atoms with Gasteiger partial charge in [-0.2, -0.15) is 0 Å². The average molecular weight is 431 g/mol. The maximum atomic E-state index is 13.1. The Hall–Kier alpha value is -3.80. The Labute approximate surface area is 187 Å². The van der Waals surface area contributed by atoms with Crippen LogP contribution < -0.4 is 19.7 Å². The second-order valence-corrected chi connectivity index (χ2v) is 7.83. The Balaban J connectivity index is 1.52. The van der Waals surface area contributed by atoms with Crippen molar-refractivity contribution in [3.8, 4) is 17.2 Å². The quantitative estimate of drug-likeness (QED) is 0.501. The molecule has 1 aliphatic rings. The summed E-state index contributed by atoms with van der Waals surface area (Å²) in [4.78, 5) is 27.4. The second kappa shape index (κ2) is 9.14. The van der Waals surface area contributed by atoms with Crippen LogP contribution in [0.4, 0.5) is 11.4 Å². The summed E-state index contributed by atoms with van der Waals surface area (Å²) in [7, 11) is 1.72. The van der Waals surface area contributed by atoms with Gasteiger partial charge in [0.25, 0.3) is 11.8 Å². The minimum absolute atomic E-state index is 0.200. The van der Waals surface area contributed by atoms with Crippen molar-refractivity contribution in [1.82, 2.24) is 0 Å². The van der Waals surface area contributed by atoms with Crippen LogP contribution in [0.1, 0.15) is 46.0 Å². The highest BCUT2D eigenvalue weighted by Gasteiger charge is 2.26. The molecule has 0 saturated carbocycles. The first-order chi connectivity index (χ1) is 15.5. The third-order valence-electron chi connectivity index (χ3n) is 5.35. The number of anilines is 2. The van der Waals surface area contributed by atoms with E-state index in [1.165, 1.54) is 0 Å². The Bertz CT molecular complexity index is 1150. The van der Waals surface area contributed by atoms with Crippen molar-refractivity contribution in [1.29, 1.82) is 0 Å². The van der Waals surface area contributed by atoms with Crippen molar-refractivity contribution in [3.63, 3.8) is 0 Å². The summed E-state index contributed by atoms with van der Waals surface area (Å²) >= 11 is 0. The molecule has 0 radical (unpaired) electrons. The monoisotopic (exact) mass is 430 g/mol. The second-order valence-electron chi connectivity index (χ2n) is 7.83. The lowest BCUT2D eigenvalue weighted by atomic mass is 10.1. The fourth-order valence-electron chi connectivity index (χ4n) is 3.49. The Morgan fingerprint density at radius 2 is 1.78 bits per heavy atom. The number of nitrogens with zero attached hydrogens (tertiary/aromatic N) is 1. The summed E-state index contributed by atoms with van der Waals surface area (Å²) in [6.07, 6.45) is 2.05. The van der Waals surface area contributed by atoms with Crippen LogP contribution in [0.3, 0.4) is 0 Å². The van der Waals surface area contributed by atoms with E-state index < -0.39 is 0 Å². The maximum Gasteiger partial charge on any atom is 0.261 e. The first-order valence-corrected chi connectivity index (χ1v) is 10.7. The normalized spacial score (nSPS) is 12.3. The smallest absolute Gasteiger partial charge is 0.261 e. The molecule has 3 aromatic rings. The molecule has 32 heavy (non-hydrogen) atoms. The van der Waals surface area contributed by atoms with E-state index in [9.17, 15) is 9.59 Å². The van der Waals surface area contributed by atoms with Crippen molar-refractivity contribution in [2.45, 2.75) is 26.7 Å². The summed E-state index contributed by atoms with van der Waals surface area (Å²) in [6.45, 7) is 4.73. The van der Waals surface area contributed by atoms with Gasteiger partial charge in [-0.25, -0.2) is 0 Å². The van der Waals surface area contributed by atoms with Gasteiger partial charge in [0.1, 0.15) is 11.5 Å². The van der Waals surface area contributed by atoms with E-state index in [2.05, 4.69) is 12.2 Å². The number of amides is 2. The number of fused-ring (bicyclic) bond motifs is 2. The van der Waals surface area contributed by atoms with Gasteiger partial charge in [-0.15, -0.1) is 0 Å². The van der Waals surface area contributed by atoms with Crippen LogP contribution in [0.25, 0.3) is 0 Å². The number of carbonyl (C=O) groups excluding carboxylic acids is 2. The van der Waals surface area contributed by atoms with Crippen molar-refractivity contribution >= 4 is 23.2 Å². The summed E-state index contributed by atoms with van der Waals surface area (Å²) < 4.78 is 11.6. The molecule has 0 aliphatic carbocycles. The van der Waals surface area contributed by atoms with Gasteiger partial charge in [0.05, 0.1) is 17.9 Å². The number of hydrogen-bond acceptors (Lipinski definition) is 4. The first kappa shape index (κ1) is 21.4. The van der Waals surface area contributed by atoms with Crippen LogP contribution >= 0.6 is 0 Å². The number of rotatable bonds is 6. The minimum atomic E-state index is -0.265. The number of unbranched alkanes of at least 4 members (excludes halogenated alkanes) is 1. The zero-order valence-electron chi connectivity index (χ0n) is 18.5. The summed E-state index contributed by atoms with van der Waals surface area (Å²) in [5, 5.41) is 2.86. The molecule has 0 bridgehead atoms. The lowest BCUT2D eigenvalue weighted by Crippen LogP contribution is -2.25. The van der Waals surface area contributed by atoms with Gasteiger partial charge in [-0.05, 0) is 73.5 Å². The van der Waals surface area contributed by atoms with Gasteiger partial charge in [0, 0.05) is 18.3 Å². The van der Waals surface area contributed by atoms with Crippen molar-refractivity contribution < 1.29 is 19.1 Å². The van der Waals surface area contributed by atoms with Crippen molar-refractivity contribution in [2.24, 2.45) is 0 Å². The van der Waals surface area contributed by atoms with E-state index in [-0.39, 0.29) is 11.8 Å². The largest absolute Gasteiger partial charge is 0.494 e. The van der Waals surface area contributed by atoms with Crippen LogP contribution in [0, 0.1) is 6.92 Å². The topological polar surface area (TPSA) is 67.9 Å². The molecular weight excluding hydrogens is 404 g/mol. The standard InChI is InChI=1S/C26H26N2O4/c1-4-5-14-31-20-10-7-18(8-11-20)25(29)27-19-9-13-23-21(16-19)26(30)28(3)22-15-17(2)6-12-24(22)32-23/h6-13,15-16H,4-5,14H2,1-3H3,(H,27,29). The number of hydrogen-bond donors (Lipinski definition) is 1. The number of ether oxygens (including phenoxy) is 2. The van der Waals surface area contributed by atoms with Gasteiger partial charge < -0.3 is 19.7 Å². The van der Waals surface area contributed by atoms with Gasteiger partial charge in [-0.1, -0.05) is 19.4 Å². The minimum Gasteiger partial charge on any atom is -0.494 e. The molecule has 4 rings (SSSR count). The first-order valence-electron chi connectivity index (χ1n) is 10.7. The molecule has 0 saturated heterocycles. The van der Waals surface area contributed by atoms with E-state index in [0.29, 0.717) is 40.6 Å². The Kier molecular flexibility index (Phi) is 6.12. The average Bonchev–Trinajstić information content (AvgIpc) is 2.89. The number of nitrogens with one attached hydrogen (secondary N) is 1. The molecule has 0 spiro atoms. The summed E-state index contributed by atoms with van der Waals surface area (Å²) in [5.74, 6) is 1.34. The third kappa shape index (κ3) is 4.44. The SMILES string of the molecule is CCCCOc1ccc(C(=O)Nc2ccc3c(c2)C(=O)N(C)c2cc(C)ccc2O3)cc1. The van der Waals surface area contributed by atoms with Crippen LogP contribution in [0.15, 0.2) is 60.7 Å². The van der Waals surface area contributed by atoms with Gasteiger partial charge in [0.15, 0.2) is 5.75 Å². The molecule has 0 unspecified atom stereocenters. The van der Waals surface area contributed by atoms with Gasteiger partial charge in [-0.3, -0.25) is 9.59 Å². The van der Waals surface area contributed by atoms with Crippen molar-refractivity contribution in [3.05, 3.63) is 77.4 Å². The lowest BCUT2D eigenvalue weighted by Gasteiger charge is -2.16. The van der Waals surface area contributed by atoms with E-state index in [1.54, 1.807) is 54.4 Å².